The van der Waals surface area contributed by atoms with Crippen LogP contribution in [0.15, 0.2) is 59.4 Å². The number of halogens is 5. The molecule has 3 aromatic rings. The molecule has 37 heavy (non-hydrogen) atoms. The molecule has 4 rings (SSSR count). The largest absolute Gasteiger partial charge is 0.573 e. The van der Waals surface area contributed by atoms with E-state index in [9.17, 15) is 22.4 Å². The van der Waals surface area contributed by atoms with Crippen molar-refractivity contribution in [2.75, 3.05) is 13.1 Å². The third-order valence-corrected chi connectivity index (χ3v) is 7.17. The number of piperidine rings is 1. The fourth-order valence-corrected chi connectivity index (χ4v) is 5.20. The highest BCUT2D eigenvalue weighted by Crippen LogP contribution is 2.32. The Hall–Kier alpha value is -3.04. The highest BCUT2D eigenvalue weighted by Gasteiger charge is 2.31. The fourth-order valence-electron chi connectivity index (χ4n) is 4.84. The van der Waals surface area contributed by atoms with Crippen LogP contribution >= 0.6 is 11.6 Å². The molecule has 1 atom stereocenters. The van der Waals surface area contributed by atoms with Gasteiger partial charge in [0.25, 0.3) is 5.56 Å². The predicted molar refractivity (Wildman–Crippen MR) is 135 cm³/mol. The van der Waals surface area contributed by atoms with Crippen LogP contribution in [0.1, 0.15) is 43.5 Å². The molecule has 198 valence electrons. The summed E-state index contributed by atoms with van der Waals surface area (Å²) in [7, 11) is 1.71. The van der Waals surface area contributed by atoms with Crippen molar-refractivity contribution in [3.63, 3.8) is 0 Å². The summed E-state index contributed by atoms with van der Waals surface area (Å²) in [6.45, 7) is 3.69. The lowest BCUT2D eigenvalue weighted by Gasteiger charge is -2.36. The van der Waals surface area contributed by atoms with Crippen LogP contribution in [-0.4, -0.2) is 33.7 Å². The number of alkyl halides is 3. The Balaban J connectivity index is 1.41. The minimum Gasteiger partial charge on any atom is -0.406 e. The molecule has 0 spiro atoms. The topological polar surface area (TPSA) is 39.4 Å². The Kier molecular flexibility index (Phi) is 8.14. The van der Waals surface area contributed by atoms with Crippen LogP contribution in [0.25, 0.3) is 11.8 Å². The maximum Gasteiger partial charge on any atom is 0.573 e. The Morgan fingerprint density at radius 2 is 1.70 bits per heavy atom. The minimum absolute atomic E-state index is 0.0926. The number of allylic oxidation sites excluding steroid dienone is 1. The Morgan fingerprint density at radius 3 is 2.30 bits per heavy atom. The molecule has 0 radical (unpaired) electrons. The predicted octanol–water partition coefficient (Wildman–Crippen LogP) is 6.74. The number of rotatable bonds is 7. The van der Waals surface area contributed by atoms with Gasteiger partial charge in [-0.25, -0.2) is 9.07 Å². The summed E-state index contributed by atoms with van der Waals surface area (Å²) in [6, 6.07) is 11.4. The molecular formula is C27H28ClF4N3O2. The summed E-state index contributed by atoms with van der Waals surface area (Å²) < 4.78 is 57.4. The Morgan fingerprint density at radius 1 is 1.08 bits per heavy atom. The van der Waals surface area contributed by atoms with E-state index in [2.05, 4.69) is 15.7 Å². The van der Waals surface area contributed by atoms with Crippen molar-refractivity contribution >= 4 is 17.7 Å². The van der Waals surface area contributed by atoms with Gasteiger partial charge in [-0.05, 0) is 87.2 Å². The Bertz CT molecular complexity index is 1290. The van der Waals surface area contributed by atoms with E-state index in [0.29, 0.717) is 17.3 Å². The maximum atomic E-state index is 13.1. The number of benzene rings is 2. The van der Waals surface area contributed by atoms with Crippen molar-refractivity contribution in [3.8, 4) is 11.4 Å². The van der Waals surface area contributed by atoms with Gasteiger partial charge >= 0.3 is 6.36 Å². The van der Waals surface area contributed by atoms with Gasteiger partial charge in [0.2, 0.25) is 0 Å². The van der Waals surface area contributed by atoms with Gasteiger partial charge in [0.15, 0.2) is 0 Å². The SMILES string of the molecule is CC(c1c(Cl)c(=O)n(-c2ccc(OC(F)(F)F)cc2)n1C)N1CCC(C/C=C\c2ccc(F)cc2)CC1. The second kappa shape index (κ2) is 11.1. The molecule has 0 N–H and O–H groups in total. The van der Waals surface area contributed by atoms with Crippen molar-refractivity contribution in [1.82, 2.24) is 14.3 Å². The van der Waals surface area contributed by atoms with Crippen molar-refractivity contribution in [3.05, 3.63) is 87.1 Å². The second-order valence-corrected chi connectivity index (χ2v) is 9.60. The number of hydrogen-bond donors (Lipinski definition) is 0. The third kappa shape index (κ3) is 6.45. The zero-order chi connectivity index (χ0) is 26.7. The molecule has 1 unspecified atom stereocenters. The molecule has 0 aliphatic carbocycles. The van der Waals surface area contributed by atoms with Crippen molar-refractivity contribution in [2.24, 2.45) is 13.0 Å². The molecule has 1 aliphatic heterocycles. The van der Waals surface area contributed by atoms with Crippen LogP contribution in [0.2, 0.25) is 5.02 Å². The summed E-state index contributed by atoms with van der Waals surface area (Å²) >= 11 is 6.48. The lowest BCUT2D eigenvalue weighted by molar-refractivity contribution is -0.274. The molecule has 0 saturated carbocycles. The van der Waals surface area contributed by atoms with Crippen molar-refractivity contribution < 1.29 is 22.3 Å². The number of ether oxygens (including phenoxy) is 1. The van der Waals surface area contributed by atoms with Gasteiger partial charge in [-0.1, -0.05) is 35.9 Å². The van der Waals surface area contributed by atoms with E-state index < -0.39 is 11.9 Å². The van der Waals surface area contributed by atoms with Gasteiger partial charge in [-0.15, -0.1) is 13.2 Å². The fraction of sp³-hybridized carbons (Fsp3) is 0.370. The number of hydrogen-bond acceptors (Lipinski definition) is 3. The van der Waals surface area contributed by atoms with Crippen LogP contribution in [-0.2, 0) is 7.05 Å². The second-order valence-electron chi connectivity index (χ2n) is 9.23. The zero-order valence-corrected chi connectivity index (χ0v) is 21.3. The molecule has 0 amide bonds. The average molecular weight is 538 g/mol. The molecule has 1 aromatic heterocycles. The normalized spacial score (nSPS) is 16.4. The highest BCUT2D eigenvalue weighted by molar-refractivity contribution is 6.31. The van der Waals surface area contributed by atoms with Gasteiger partial charge in [0.05, 0.1) is 17.4 Å². The van der Waals surface area contributed by atoms with Gasteiger partial charge in [-0.2, -0.15) is 0 Å². The summed E-state index contributed by atoms with van der Waals surface area (Å²) in [5.41, 5.74) is 1.57. The molecule has 10 heteroatoms. The quantitative estimate of drug-likeness (QED) is 0.313. The van der Waals surface area contributed by atoms with Crippen LogP contribution < -0.4 is 10.3 Å². The summed E-state index contributed by atoms with van der Waals surface area (Å²) in [5, 5.41) is 0.0926. The van der Waals surface area contributed by atoms with E-state index >= 15 is 0 Å². The molecule has 1 saturated heterocycles. The number of nitrogens with zero attached hydrogens (tertiary/aromatic N) is 3. The number of aromatic nitrogens is 2. The standard InChI is InChI=1S/C27H28ClF4N3O2/c1-18(34-16-14-20(15-17-34)5-3-4-19-6-8-21(29)9-7-19)25-24(28)26(36)35(33(25)2)22-10-12-23(13-11-22)37-27(30,31)32/h3-4,6-13,18,20H,5,14-17H2,1-2H3/b4-3-. The van der Waals surface area contributed by atoms with Gasteiger partial charge in [0, 0.05) is 7.05 Å². The lowest BCUT2D eigenvalue weighted by atomic mass is 9.92. The van der Waals surface area contributed by atoms with E-state index in [4.69, 9.17) is 11.6 Å². The third-order valence-electron chi connectivity index (χ3n) is 6.81. The van der Waals surface area contributed by atoms with Crippen LogP contribution in [0.5, 0.6) is 5.75 Å². The van der Waals surface area contributed by atoms with Crippen molar-refractivity contribution in [2.45, 2.75) is 38.6 Å². The molecule has 1 aliphatic rings. The highest BCUT2D eigenvalue weighted by atomic mass is 35.5. The molecule has 0 bridgehead atoms. The van der Waals surface area contributed by atoms with Crippen LogP contribution in [0.4, 0.5) is 17.6 Å². The van der Waals surface area contributed by atoms with Crippen LogP contribution in [0.3, 0.4) is 0 Å². The summed E-state index contributed by atoms with van der Waals surface area (Å²) in [6.07, 6.45) is 2.26. The molecular weight excluding hydrogens is 510 g/mol. The molecule has 2 aromatic carbocycles. The molecule has 5 nitrogen and oxygen atoms in total. The average Bonchev–Trinajstić information content (AvgIpc) is 3.08. The minimum atomic E-state index is -4.79. The van der Waals surface area contributed by atoms with Gasteiger partial charge in [-0.3, -0.25) is 14.4 Å². The van der Waals surface area contributed by atoms with E-state index in [-0.39, 0.29) is 22.6 Å². The summed E-state index contributed by atoms with van der Waals surface area (Å²) in [4.78, 5) is 15.3. The Labute approximate surface area is 217 Å². The zero-order valence-electron chi connectivity index (χ0n) is 20.5. The summed E-state index contributed by atoms with van der Waals surface area (Å²) in [5.74, 6) is -0.0879. The maximum absolute atomic E-state index is 13.1. The van der Waals surface area contributed by atoms with E-state index in [1.807, 2.05) is 13.0 Å². The lowest BCUT2D eigenvalue weighted by Crippen LogP contribution is -2.36. The van der Waals surface area contributed by atoms with Crippen molar-refractivity contribution in [1.29, 1.82) is 0 Å². The first-order valence-corrected chi connectivity index (χ1v) is 12.4. The van der Waals surface area contributed by atoms with Gasteiger partial charge in [0.1, 0.15) is 16.6 Å². The van der Waals surface area contributed by atoms with E-state index in [0.717, 1.165) is 50.0 Å². The smallest absolute Gasteiger partial charge is 0.406 e. The first-order chi connectivity index (χ1) is 17.5. The first kappa shape index (κ1) is 27.0. The van der Waals surface area contributed by atoms with Gasteiger partial charge < -0.3 is 4.74 Å². The van der Waals surface area contributed by atoms with E-state index in [1.54, 1.807) is 23.9 Å². The monoisotopic (exact) mass is 537 g/mol. The molecule has 2 heterocycles. The number of likely N-dealkylation sites (tertiary alicyclic amines) is 1. The van der Waals surface area contributed by atoms with Crippen LogP contribution in [0, 0.1) is 11.7 Å². The first-order valence-electron chi connectivity index (χ1n) is 12.0. The molecule has 1 fully saturated rings. The van der Waals surface area contributed by atoms with E-state index in [1.165, 1.54) is 28.9 Å².